The zero-order valence-electron chi connectivity index (χ0n) is 10.5. The number of aromatic amines is 1. The number of nitrogens with two attached hydrogens (primary N) is 1. The molecule has 3 rings (SSSR count). The number of pyridine rings is 1. The van der Waals surface area contributed by atoms with Crippen LogP contribution in [0.5, 0.6) is 0 Å². The van der Waals surface area contributed by atoms with Crippen LogP contribution in [0.25, 0.3) is 16.9 Å². The predicted molar refractivity (Wildman–Crippen MR) is 70.2 cm³/mol. The molecule has 0 saturated heterocycles. The fourth-order valence-corrected chi connectivity index (χ4v) is 2.24. The van der Waals surface area contributed by atoms with Crippen molar-refractivity contribution in [3.05, 3.63) is 28.5 Å². The van der Waals surface area contributed by atoms with Gasteiger partial charge in [-0.3, -0.25) is 5.10 Å². The SMILES string of the molecule is Cc1nn(-c2ncc(C(F)(F)F)cc2Cl)c2n[nH]c(N)c12. The molecule has 10 heteroatoms. The van der Waals surface area contributed by atoms with Crippen LogP contribution in [0.4, 0.5) is 19.0 Å². The van der Waals surface area contributed by atoms with E-state index < -0.39 is 11.7 Å². The third kappa shape index (κ3) is 2.09. The second-order valence-corrected chi connectivity index (χ2v) is 4.77. The number of alkyl halides is 3. The number of hydrogen-bond donors (Lipinski definition) is 2. The number of rotatable bonds is 1. The summed E-state index contributed by atoms with van der Waals surface area (Å²) in [5.41, 5.74) is 5.69. The molecule has 0 aliphatic carbocycles. The molecule has 21 heavy (non-hydrogen) atoms. The Hall–Kier alpha value is -2.29. The van der Waals surface area contributed by atoms with Crippen LogP contribution >= 0.6 is 11.6 Å². The van der Waals surface area contributed by atoms with Crippen LogP contribution in [0.2, 0.25) is 5.02 Å². The van der Waals surface area contributed by atoms with Gasteiger partial charge in [0.15, 0.2) is 11.5 Å². The smallest absolute Gasteiger partial charge is 0.383 e. The van der Waals surface area contributed by atoms with Gasteiger partial charge in [0.1, 0.15) is 5.82 Å². The van der Waals surface area contributed by atoms with Gasteiger partial charge in [-0.15, -0.1) is 0 Å². The molecular formula is C11H8ClF3N6. The van der Waals surface area contributed by atoms with Crippen molar-refractivity contribution in [1.82, 2.24) is 25.0 Å². The summed E-state index contributed by atoms with van der Waals surface area (Å²) in [4.78, 5) is 3.74. The summed E-state index contributed by atoms with van der Waals surface area (Å²) >= 11 is 5.89. The van der Waals surface area contributed by atoms with Crippen LogP contribution < -0.4 is 5.73 Å². The van der Waals surface area contributed by atoms with Gasteiger partial charge < -0.3 is 5.73 Å². The number of nitrogen functional groups attached to an aromatic ring is 1. The standard InChI is InChI=1S/C11H8ClF3N6/c1-4-7-8(16)18-19-10(7)21(20-4)9-6(12)2-5(3-17-9)11(13,14)15/h2-3H,1H3,(H3,16,18,19). The van der Waals surface area contributed by atoms with Crippen molar-refractivity contribution in [2.24, 2.45) is 0 Å². The second kappa shape index (κ2) is 4.35. The van der Waals surface area contributed by atoms with Crippen molar-refractivity contribution in [2.75, 3.05) is 5.73 Å². The van der Waals surface area contributed by atoms with Crippen molar-refractivity contribution in [3.8, 4) is 5.82 Å². The molecule has 0 aliphatic rings. The van der Waals surface area contributed by atoms with Gasteiger partial charge in [-0.25, -0.2) is 4.98 Å². The lowest BCUT2D eigenvalue weighted by Crippen LogP contribution is -2.08. The second-order valence-electron chi connectivity index (χ2n) is 4.36. The third-order valence-electron chi connectivity index (χ3n) is 2.94. The first kappa shape index (κ1) is 13.7. The van der Waals surface area contributed by atoms with E-state index in [-0.39, 0.29) is 10.8 Å². The summed E-state index contributed by atoms with van der Waals surface area (Å²) in [6.45, 7) is 1.70. The van der Waals surface area contributed by atoms with E-state index in [2.05, 4.69) is 20.3 Å². The first-order valence-electron chi connectivity index (χ1n) is 5.71. The maximum atomic E-state index is 12.6. The van der Waals surface area contributed by atoms with E-state index in [0.29, 0.717) is 28.7 Å². The number of aromatic nitrogens is 5. The number of nitrogens with zero attached hydrogens (tertiary/aromatic N) is 4. The molecule has 0 bridgehead atoms. The Balaban J connectivity index is 2.20. The van der Waals surface area contributed by atoms with Gasteiger partial charge in [0, 0.05) is 6.20 Å². The fourth-order valence-electron chi connectivity index (χ4n) is 1.99. The molecule has 6 nitrogen and oxygen atoms in total. The Morgan fingerprint density at radius 3 is 2.71 bits per heavy atom. The van der Waals surface area contributed by atoms with Crippen molar-refractivity contribution < 1.29 is 13.2 Å². The van der Waals surface area contributed by atoms with E-state index in [1.54, 1.807) is 6.92 Å². The molecule has 0 radical (unpaired) electrons. The lowest BCUT2D eigenvalue weighted by molar-refractivity contribution is -0.137. The number of nitrogens with one attached hydrogen (secondary N) is 1. The van der Waals surface area contributed by atoms with Gasteiger partial charge in [0.25, 0.3) is 0 Å². The van der Waals surface area contributed by atoms with Gasteiger partial charge in [-0.2, -0.15) is 28.1 Å². The van der Waals surface area contributed by atoms with Crippen molar-refractivity contribution in [3.63, 3.8) is 0 Å². The maximum absolute atomic E-state index is 12.6. The first-order valence-corrected chi connectivity index (χ1v) is 6.09. The lowest BCUT2D eigenvalue weighted by Gasteiger charge is -2.09. The van der Waals surface area contributed by atoms with Crippen LogP contribution in [0.3, 0.4) is 0 Å². The molecular weight excluding hydrogens is 309 g/mol. The highest BCUT2D eigenvalue weighted by atomic mass is 35.5. The molecule has 0 saturated carbocycles. The molecule has 3 aromatic rings. The number of H-pyrrole nitrogens is 1. The highest BCUT2D eigenvalue weighted by molar-refractivity contribution is 6.32. The van der Waals surface area contributed by atoms with Crippen molar-refractivity contribution >= 4 is 28.5 Å². The number of halogens is 4. The highest BCUT2D eigenvalue weighted by Gasteiger charge is 2.32. The van der Waals surface area contributed by atoms with Crippen LogP contribution in [-0.4, -0.2) is 25.0 Å². The average Bonchev–Trinajstić information content (AvgIpc) is 2.91. The van der Waals surface area contributed by atoms with E-state index in [9.17, 15) is 13.2 Å². The topological polar surface area (TPSA) is 85.4 Å². The Kier molecular flexibility index (Phi) is 2.84. The minimum absolute atomic E-state index is 0.0502. The maximum Gasteiger partial charge on any atom is 0.417 e. The Morgan fingerprint density at radius 2 is 2.10 bits per heavy atom. The summed E-state index contributed by atoms with van der Waals surface area (Å²) in [6, 6.07) is 0.794. The Labute approximate surface area is 120 Å². The van der Waals surface area contributed by atoms with Crippen molar-refractivity contribution in [1.29, 1.82) is 0 Å². The molecule has 3 heterocycles. The Bertz CT molecular complexity index is 834. The summed E-state index contributed by atoms with van der Waals surface area (Å²) in [5.74, 6) is 0.367. The molecule has 110 valence electrons. The van der Waals surface area contributed by atoms with Gasteiger partial charge in [-0.05, 0) is 13.0 Å². The van der Waals surface area contributed by atoms with Gasteiger partial charge in [0.05, 0.1) is 21.7 Å². The molecule has 3 N–H and O–H groups in total. The number of fused-ring (bicyclic) bond motifs is 1. The molecule has 0 atom stereocenters. The zero-order valence-corrected chi connectivity index (χ0v) is 11.3. The molecule has 0 aromatic carbocycles. The fraction of sp³-hybridized carbons (Fsp3) is 0.182. The predicted octanol–water partition coefficient (Wildman–Crippen LogP) is 2.71. The minimum atomic E-state index is -4.51. The summed E-state index contributed by atoms with van der Waals surface area (Å²) in [7, 11) is 0. The number of aryl methyl sites for hydroxylation is 1. The molecule has 0 aliphatic heterocycles. The van der Waals surface area contributed by atoms with Gasteiger partial charge >= 0.3 is 6.18 Å². The Morgan fingerprint density at radius 1 is 1.38 bits per heavy atom. The van der Waals surface area contributed by atoms with E-state index in [1.807, 2.05) is 0 Å². The van der Waals surface area contributed by atoms with E-state index in [1.165, 1.54) is 4.68 Å². The number of hydrogen-bond acceptors (Lipinski definition) is 4. The molecule has 0 fully saturated rings. The minimum Gasteiger partial charge on any atom is -0.383 e. The van der Waals surface area contributed by atoms with Gasteiger partial charge in [-0.1, -0.05) is 11.6 Å². The monoisotopic (exact) mass is 316 g/mol. The lowest BCUT2D eigenvalue weighted by atomic mass is 10.3. The zero-order chi connectivity index (χ0) is 15.4. The van der Waals surface area contributed by atoms with E-state index in [4.69, 9.17) is 17.3 Å². The van der Waals surface area contributed by atoms with Crippen LogP contribution in [0.1, 0.15) is 11.3 Å². The van der Waals surface area contributed by atoms with Crippen LogP contribution in [0, 0.1) is 6.92 Å². The van der Waals surface area contributed by atoms with Crippen LogP contribution in [0.15, 0.2) is 12.3 Å². The quantitative estimate of drug-likeness (QED) is 0.723. The molecule has 0 amide bonds. The average molecular weight is 317 g/mol. The molecule has 3 aromatic heterocycles. The molecule has 0 unspecified atom stereocenters. The summed E-state index contributed by atoms with van der Waals surface area (Å²) in [5, 5.41) is 11.1. The van der Waals surface area contributed by atoms with Crippen molar-refractivity contribution in [2.45, 2.75) is 13.1 Å². The van der Waals surface area contributed by atoms with Crippen LogP contribution in [-0.2, 0) is 6.18 Å². The molecule has 0 spiro atoms. The van der Waals surface area contributed by atoms with E-state index >= 15 is 0 Å². The largest absolute Gasteiger partial charge is 0.417 e. The van der Waals surface area contributed by atoms with Gasteiger partial charge in [0.2, 0.25) is 0 Å². The first-order chi connectivity index (χ1) is 9.79. The highest BCUT2D eigenvalue weighted by Crippen LogP contribution is 2.33. The van der Waals surface area contributed by atoms with E-state index in [0.717, 1.165) is 6.07 Å². The summed E-state index contributed by atoms with van der Waals surface area (Å²) in [6.07, 6.45) is -3.82. The summed E-state index contributed by atoms with van der Waals surface area (Å²) < 4.78 is 39.1. The third-order valence-corrected chi connectivity index (χ3v) is 3.22. The number of anilines is 1. The normalized spacial score (nSPS) is 12.2.